The average Bonchev–Trinajstić information content (AvgIpc) is 3.24. The Morgan fingerprint density at radius 1 is 1.23 bits per heavy atom. The van der Waals surface area contributed by atoms with E-state index < -0.39 is 0 Å². The Hall–Kier alpha value is -2.93. The lowest BCUT2D eigenvalue weighted by molar-refractivity contribution is -0.120. The largest absolute Gasteiger partial charge is 0.497 e. The number of halogens is 1. The van der Waals surface area contributed by atoms with Crippen LogP contribution in [-0.4, -0.2) is 51.7 Å². The molecule has 0 saturated carbocycles. The monoisotopic (exact) mass is 429 g/mol. The molecule has 1 aliphatic rings. The van der Waals surface area contributed by atoms with Crippen LogP contribution in [0.3, 0.4) is 0 Å². The molecule has 2 aromatic rings. The number of ether oxygens (including phenoxy) is 1. The number of carbonyl (C=O) groups excluding carboxylic acids is 1. The first-order valence-corrected chi connectivity index (χ1v) is 10.3. The van der Waals surface area contributed by atoms with E-state index in [0.29, 0.717) is 12.5 Å². The number of nitrogens with zero attached hydrogens (tertiary/aromatic N) is 2. The highest BCUT2D eigenvalue weighted by Crippen LogP contribution is 2.23. The van der Waals surface area contributed by atoms with Gasteiger partial charge < -0.3 is 25.6 Å². The van der Waals surface area contributed by atoms with Crippen LogP contribution in [0.1, 0.15) is 12.0 Å². The van der Waals surface area contributed by atoms with Crippen LogP contribution in [0.5, 0.6) is 5.75 Å². The highest BCUT2D eigenvalue weighted by Gasteiger charge is 2.23. The Bertz CT molecular complexity index is 872. The van der Waals surface area contributed by atoms with E-state index in [2.05, 4.69) is 31.9 Å². The summed E-state index contributed by atoms with van der Waals surface area (Å²) in [6.07, 6.45) is 0.983. The van der Waals surface area contributed by atoms with Gasteiger partial charge >= 0.3 is 0 Å². The van der Waals surface area contributed by atoms with Crippen LogP contribution in [-0.2, 0) is 11.3 Å². The van der Waals surface area contributed by atoms with Crippen molar-refractivity contribution in [3.8, 4) is 5.75 Å². The third-order valence-corrected chi connectivity index (χ3v) is 5.23. The van der Waals surface area contributed by atoms with Gasteiger partial charge in [0.2, 0.25) is 5.91 Å². The molecule has 0 aromatic heterocycles. The van der Waals surface area contributed by atoms with Crippen LogP contribution >= 0.6 is 11.6 Å². The molecule has 0 radical (unpaired) electrons. The van der Waals surface area contributed by atoms with Gasteiger partial charge in [-0.25, -0.2) is 0 Å². The molecule has 0 aliphatic carbocycles. The SMILES string of the molecule is CN=C(NCC(=O)NCc1ccc(OC)cc1)NC1CCN(c2cccc(Cl)c2)C1. The lowest BCUT2D eigenvalue weighted by Gasteiger charge is -2.20. The number of benzene rings is 2. The number of aliphatic imine (C=N–C) groups is 1. The molecule has 1 amide bonds. The highest BCUT2D eigenvalue weighted by molar-refractivity contribution is 6.30. The Morgan fingerprint density at radius 3 is 2.73 bits per heavy atom. The van der Waals surface area contributed by atoms with Crippen molar-refractivity contribution in [3.05, 3.63) is 59.1 Å². The van der Waals surface area contributed by atoms with Gasteiger partial charge in [0.05, 0.1) is 13.7 Å². The molecule has 1 unspecified atom stereocenters. The Labute approximate surface area is 182 Å². The van der Waals surface area contributed by atoms with E-state index >= 15 is 0 Å². The summed E-state index contributed by atoms with van der Waals surface area (Å²) in [7, 11) is 3.33. The van der Waals surface area contributed by atoms with E-state index in [-0.39, 0.29) is 18.5 Å². The Kier molecular flexibility index (Phi) is 7.79. The Balaban J connectivity index is 1.40. The summed E-state index contributed by atoms with van der Waals surface area (Å²) in [5.74, 6) is 1.32. The highest BCUT2D eigenvalue weighted by atomic mass is 35.5. The zero-order valence-electron chi connectivity index (χ0n) is 17.3. The minimum atomic E-state index is -0.0965. The van der Waals surface area contributed by atoms with Gasteiger partial charge in [0.15, 0.2) is 5.96 Å². The van der Waals surface area contributed by atoms with Crippen LogP contribution in [0, 0.1) is 0 Å². The molecule has 8 heteroatoms. The van der Waals surface area contributed by atoms with Gasteiger partial charge in [-0.3, -0.25) is 9.79 Å². The van der Waals surface area contributed by atoms with Crippen molar-refractivity contribution in [2.45, 2.75) is 19.0 Å². The summed E-state index contributed by atoms with van der Waals surface area (Å²) in [5.41, 5.74) is 2.13. The molecule has 0 spiro atoms. The summed E-state index contributed by atoms with van der Waals surface area (Å²) in [6.45, 7) is 2.41. The van der Waals surface area contributed by atoms with Crippen molar-refractivity contribution in [1.29, 1.82) is 0 Å². The molecule has 3 rings (SSSR count). The Morgan fingerprint density at radius 2 is 2.03 bits per heavy atom. The van der Waals surface area contributed by atoms with Crippen LogP contribution in [0.2, 0.25) is 5.02 Å². The number of rotatable bonds is 7. The van der Waals surface area contributed by atoms with Gasteiger partial charge in [-0.1, -0.05) is 29.8 Å². The number of anilines is 1. The minimum Gasteiger partial charge on any atom is -0.497 e. The fourth-order valence-corrected chi connectivity index (χ4v) is 3.53. The fraction of sp³-hybridized carbons (Fsp3) is 0.364. The van der Waals surface area contributed by atoms with Gasteiger partial charge in [-0.05, 0) is 42.3 Å². The fourth-order valence-electron chi connectivity index (χ4n) is 3.34. The number of guanidine groups is 1. The van der Waals surface area contributed by atoms with Gasteiger partial charge in [-0.2, -0.15) is 0 Å². The summed E-state index contributed by atoms with van der Waals surface area (Å²) >= 11 is 6.10. The molecule has 1 heterocycles. The minimum absolute atomic E-state index is 0.0965. The lowest BCUT2D eigenvalue weighted by Crippen LogP contribution is -2.47. The third kappa shape index (κ3) is 6.29. The zero-order valence-corrected chi connectivity index (χ0v) is 18.1. The van der Waals surface area contributed by atoms with E-state index in [1.54, 1.807) is 14.2 Å². The van der Waals surface area contributed by atoms with Crippen molar-refractivity contribution in [2.24, 2.45) is 4.99 Å². The molecule has 1 atom stereocenters. The summed E-state index contributed by atoms with van der Waals surface area (Å²) < 4.78 is 5.14. The van der Waals surface area contributed by atoms with E-state index in [1.165, 1.54) is 0 Å². The molecule has 160 valence electrons. The summed E-state index contributed by atoms with van der Waals surface area (Å²) in [5, 5.41) is 10.1. The molecular formula is C22H28ClN5O2. The maximum atomic E-state index is 12.2. The second kappa shape index (κ2) is 10.7. The van der Waals surface area contributed by atoms with Crippen molar-refractivity contribution >= 4 is 29.2 Å². The van der Waals surface area contributed by atoms with E-state index in [9.17, 15) is 4.79 Å². The maximum Gasteiger partial charge on any atom is 0.239 e. The van der Waals surface area contributed by atoms with Gasteiger partial charge in [0.25, 0.3) is 0 Å². The number of hydrogen-bond acceptors (Lipinski definition) is 4. The molecule has 2 aromatic carbocycles. The summed E-state index contributed by atoms with van der Waals surface area (Å²) in [4.78, 5) is 18.7. The predicted molar refractivity (Wildman–Crippen MR) is 121 cm³/mol. The number of amides is 1. The molecule has 1 saturated heterocycles. The van der Waals surface area contributed by atoms with Crippen LogP contribution in [0.4, 0.5) is 5.69 Å². The predicted octanol–water partition coefficient (Wildman–Crippen LogP) is 2.41. The first-order chi connectivity index (χ1) is 14.6. The number of nitrogens with one attached hydrogen (secondary N) is 3. The number of methoxy groups -OCH3 is 1. The molecule has 0 bridgehead atoms. The second-order valence-electron chi connectivity index (χ2n) is 7.11. The first kappa shape index (κ1) is 21.8. The van der Waals surface area contributed by atoms with E-state index in [1.807, 2.05) is 42.5 Å². The molecule has 30 heavy (non-hydrogen) atoms. The standard InChI is InChI=1S/C22H28ClN5O2/c1-24-22(26-14-21(29)25-13-16-6-8-20(30-2)9-7-16)27-18-10-11-28(15-18)19-5-3-4-17(23)12-19/h3-9,12,18H,10-11,13-15H2,1-2H3,(H,25,29)(H2,24,26,27). The maximum absolute atomic E-state index is 12.2. The number of hydrogen-bond donors (Lipinski definition) is 3. The van der Waals surface area contributed by atoms with Gasteiger partial charge in [0.1, 0.15) is 5.75 Å². The van der Waals surface area contributed by atoms with Crippen molar-refractivity contribution in [1.82, 2.24) is 16.0 Å². The van der Waals surface area contributed by atoms with Crippen molar-refractivity contribution in [2.75, 3.05) is 38.7 Å². The normalized spacial score (nSPS) is 16.3. The van der Waals surface area contributed by atoms with Crippen LogP contribution < -0.4 is 25.6 Å². The second-order valence-corrected chi connectivity index (χ2v) is 7.54. The first-order valence-electron chi connectivity index (χ1n) is 9.94. The quantitative estimate of drug-likeness (QED) is 0.465. The van der Waals surface area contributed by atoms with Gasteiger partial charge in [0, 0.05) is 43.4 Å². The molecule has 3 N–H and O–H groups in total. The van der Waals surface area contributed by atoms with Gasteiger partial charge in [-0.15, -0.1) is 0 Å². The summed E-state index contributed by atoms with van der Waals surface area (Å²) in [6, 6.07) is 15.7. The lowest BCUT2D eigenvalue weighted by atomic mass is 10.2. The van der Waals surface area contributed by atoms with E-state index in [4.69, 9.17) is 16.3 Å². The average molecular weight is 430 g/mol. The zero-order chi connectivity index (χ0) is 21.3. The molecule has 7 nitrogen and oxygen atoms in total. The van der Waals surface area contributed by atoms with E-state index in [0.717, 1.165) is 41.5 Å². The third-order valence-electron chi connectivity index (χ3n) is 4.99. The molecule has 1 fully saturated rings. The van der Waals surface area contributed by atoms with Crippen LogP contribution in [0.25, 0.3) is 0 Å². The number of carbonyl (C=O) groups is 1. The molecular weight excluding hydrogens is 402 g/mol. The van der Waals surface area contributed by atoms with Crippen molar-refractivity contribution < 1.29 is 9.53 Å². The van der Waals surface area contributed by atoms with Crippen molar-refractivity contribution in [3.63, 3.8) is 0 Å². The molecule has 1 aliphatic heterocycles. The topological polar surface area (TPSA) is 78.0 Å². The van der Waals surface area contributed by atoms with Crippen LogP contribution in [0.15, 0.2) is 53.5 Å². The smallest absolute Gasteiger partial charge is 0.239 e.